The van der Waals surface area contributed by atoms with Gasteiger partial charge in [0.15, 0.2) is 0 Å². The second-order valence-corrected chi connectivity index (χ2v) is 5.26. The maximum Gasteiger partial charge on any atom is 0.0948 e. The number of nitrogens with zero attached hydrogens (tertiary/aromatic N) is 3. The van der Waals surface area contributed by atoms with Crippen LogP contribution in [0.3, 0.4) is 0 Å². The molecule has 0 fully saturated rings. The molecule has 4 heteroatoms. The van der Waals surface area contributed by atoms with Crippen molar-refractivity contribution in [3.63, 3.8) is 0 Å². The molecule has 0 spiro atoms. The Bertz CT molecular complexity index is 574. The van der Waals surface area contributed by atoms with Crippen LogP contribution >= 0.6 is 0 Å². The standard InChI is InChI=1S/C16H24N4/c1-5-20-11-18-10-16(20)15(9-17)19(4)14-7-6-12(2)8-13(14)3/h6-8,10-11,15H,5,9,17H2,1-4H3. The number of rotatable bonds is 5. The summed E-state index contributed by atoms with van der Waals surface area (Å²) in [5.41, 5.74) is 11.0. The fraction of sp³-hybridized carbons (Fsp3) is 0.438. The zero-order valence-corrected chi connectivity index (χ0v) is 12.8. The van der Waals surface area contributed by atoms with Gasteiger partial charge in [-0.05, 0) is 32.4 Å². The summed E-state index contributed by atoms with van der Waals surface area (Å²) in [6.45, 7) is 7.85. The van der Waals surface area contributed by atoms with Crippen molar-refractivity contribution in [3.05, 3.63) is 47.5 Å². The van der Waals surface area contributed by atoms with E-state index in [1.165, 1.54) is 16.8 Å². The van der Waals surface area contributed by atoms with E-state index >= 15 is 0 Å². The quantitative estimate of drug-likeness (QED) is 0.910. The largest absolute Gasteiger partial charge is 0.364 e. The number of benzene rings is 1. The van der Waals surface area contributed by atoms with Gasteiger partial charge in [0.25, 0.3) is 0 Å². The Hall–Kier alpha value is -1.81. The molecule has 2 rings (SSSR count). The molecule has 2 N–H and O–H groups in total. The normalized spacial score (nSPS) is 12.4. The second-order valence-electron chi connectivity index (χ2n) is 5.26. The van der Waals surface area contributed by atoms with Crippen LogP contribution in [0, 0.1) is 13.8 Å². The Morgan fingerprint density at radius 3 is 2.70 bits per heavy atom. The Morgan fingerprint density at radius 2 is 2.10 bits per heavy atom. The first-order valence-electron chi connectivity index (χ1n) is 7.08. The first-order chi connectivity index (χ1) is 9.58. The van der Waals surface area contributed by atoms with Gasteiger partial charge in [-0.3, -0.25) is 0 Å². The molecule has 4 nitrogen and oxygen atoms in total. The van der Waals surface area contributed by atoms with Gasteiger partial charge < -0.3 is 15.2 Å². The summed E-state index contributed by atoms with van der Waals surface area (Å²) < 4.78 is 2.15. The fourth-order valence-electron chi connectivity index (χ4n) is 2.72. The van der Waals surface area contributed by atoms with Crippen LogP contribution in [0.4, 0.5) is 5.69 Å². The minimum absolute atomic E-state index is 0.138. The van der Waals surface area contributed by atoms with Gasteiger partial charge >= 0.3 is 0 Å². The highest BCUT2D eigenvalue weighted by Gasteiger charge is 2.20. The number of aromatic nitrogens is 2. The Morgan fingerprint density at radius 1 is 1.35 bits per heavy atom. The zero-order chi connectivity index (χ0) is 14.7. The van der Waals surface area contributed by atoms with Crippen molar-refractivity contribution >= 4 is 5.69 Å². The average Bonchev–Trinajstić information content (AvgIpc) is 2.87. The Kier molecular flexibility index (Phi) is 4.45. The molecule has 0 aliphatic carbocycles. The first kappa shape index (κ1) is 14.6. The van der Waals surface area contributed by atoms with E-state index in [1.807, 2.05) is 12.5 Å². The lowest BCUT2D eigenvalue weighted by Crippen LogP contribution is -2.32. The summed E-state index contributed by atoms with van der Waals surface area (Å²) >= 11 is 0. The molecule has 0 saturated carbocycles. The summed E-state index contributed by atoms with van der Waals surface area (Å²) in [7, 11) is 2.10. The summed E-state index contributed by atoms with van der Waals surface area (Å²) in [6, 6.07) is 6.65. The number of nitrogens with two attached hydrogens (primary N) is 1. The molecule has 0 radical (unpaired) electrons. The minimum Gasteiger partial charge on any atom is -0.364 e. The lowest BCUT2D eigenvalue weighted by atomic mass is 10.1. The number of anilines is 1. The summed E-state index contributed by atoms with van der Waals surface area (Å²) in [5.74, 6) is 0. The molecular formula is C16H24N4. The van der Waals surface area contributed by atoms with Crippen LogP contribution in [0.5, 0.6) is 0 Å². The SMILES string of the molecule is CCn1cncc1C(CN)N(C)c1ccc(C)cc1C. The molecule has 1 unspecified atom stereocenters. The third-order valence-electron chi connectivity index (χ3n) is 3.85. The molecule has 1 aromatic carbocycles. The number of hydrogen-bond acceptors (Lipinski definition) is 3. The summed E-state index contributed by atoms with van der Waals surface area (Å²) in [5, 5.41) is 0. The molecule has 0 aliphatic rings. The van der Waals surface area contributed by atoms with E-state index < -0.39 is 0 Å². The molecule has 1 atom stereocenters. The average molecular weight is 272 g/mol. The lowest BCUT2D eigenvalue weighted by Gasteiger charge is -2.31. The van der Waals surface area contributed by atoms with Crippen LogP contribution in [0.15, 0.2) is 30.7 Å². The molecule has 1 aromatic heterocycles. The highest BCUT2D eigenvalue weighted by Crippen LogP contribution is 2.28. The summed E-state index contributed by atoms with van der Waals surface area (Å²) in [4.78, 5) is 6.50. The molecule has 0 aliphatic heterocycles. The Balaban J connectivity index is 2.36. The number of aryl methyl sites for hydroxylation is 3. The monoisotopic (exact) mass is 272 g/mol. The molecule has 0 bridgehead atoms. The minimum atomic E-state index is 0.138. The maximum absolute atomic E-state index is 6.02. The van der Waals surface area contributed by atoms with Gasteiger partial charge in [0.2, 0.25) is 0 Å². The molecule has 0 saturated heterocycles. The number of likely N-dealkylation sites (N-methyl/N-ethyl adjacent to an activating group) is 1. The predicted octanol–water partition coefficient (Wildman–Crippen LogP) is 2.66. The maximum atomic E-state index is 6.02. The van der Waals surface area contributed by atoms with Crippen molar-refractivity contribution < 1.29 is 0 Å². The second kappa shape index (κ2) is 6.09. The van der Waals surface area contributed by atoms with Crippen molar-refractivity contribution in [2.24, 2.45) is 5.73 Å². The van der Waals surface area contributed by atoms with Crippen molar-refractivity contribution in [2.45, 2.75) is 33.4 Å². The van der Waals surface area contributed by atoms with Gasteiger partial charge in [-0.15, -0.1) is 0 Å². The van der Waals surface area contributed by atoms with Crippen LogP contribution in [0.25, 0.3) is 0 Å². The molecule has 20 heavy (non-hydrogen) atoms. The molecule has 108 valence electrons. The van der Waals surface area contributed by atoms with E-state index in [1.54, 1.807) is 0 Å². The van der Waals surface area contributed by atoms with Crippen LogP contribution in [0.1, 0.15) is 29.8 Å². The smallest absolute Gasteiger partial charge is 0.0948 e. The van der Waals surface area contributed by atoms with Crippen LogP contribution in [-0.2, 0) is 6.54 Å². The highest BCUT2D eigenvalue weighted by molar-refractivity contribution is 5.55. The Labute approximate surface area is 121 Å². The van der Waals surface area contributed by atoms with Gasteiger partial charge in [0, 0.05) is 25.8 Å². The number of imidazole rings is 1. The zero-order valence-electron chi connectivity index (χ0n) is 12.8. The van der Waals surface area contributed by atoms with Crippen molar-refractivity contribution in [1.29, 1.82) is 0 Å². The molecule has 0 amide bonds. The molecular weight excluding hydrogens is 248 g/mol. The predicted molar refractivity (Wildman–Crippen MR) is 84.0 cm³/mol. The summed E-state index contributed by atoms with van der Waals surface area (Å²) in [6.07, 6.45) is 3.79. The van der Waals surface area contributed by atoms with Crippen LogP contribution in [-0.4, -0.2) is 23.1 Å². The molecule has 2 aromatic rings. The lowest BCUT2D eigenvalue weighted by molar-refractivity contribution is 0.601. The van der Waals surface area contributed by atoms with E-state index in [-0.39, 0.29) is 6.04 Å². The topological polar surface area (TPSA) is 47.1 Å². The van der Waals surface area contributed by atoms with Gasteiger partial charge in [0.05, 0.1) is 24.3 Å². The van der Waals surface area contributed by atoms with E-state index in [2.05, 4.69) is 60.5 Å². The fourth-order valence-corrected chi connectivity index (χ4v) is 2.72. The van der Waals surface area contributed by atoms with Crippen molar-refractivity contribution in [3.8, 4) is 0 Å². The third-order valence-corrected chi connectivity index (χ3v) is 3.85. The van der Waals surface area contributed by atoms with Gasteiger partial charge in [-0.2, -0.15) is 0 Å². The van der Waals surface area contributed by atoms with Crippen molar-refractivity contribution in [1.82, 2.24) is 9.55 Å². The van der Waals surface area contributed by atoms with Crippen LogP contribution < -0.4 is 10.6 Å². The van der Waals surface area contributed by atoms with Gasteiger partial charge in [-0.1, -0.05) is 17.7 Å². The van der Waals surface area contributed by atoms with E-state index in [0.717, 1.165) is 12.2 Å². The first-order valence-corrected chi connectivity index (χ1v) is 7.08. The van der Waals surface area contributed by atoms with Crippen molar-refractivity contribution in [2.75, 3.05) is 18.5 Å². The third kappa shape index (κ3) is 2.70. The van der Waals surface area contributed by atoms with Gasteiger partial charge in [-0.25, -0.2) is 4.98 Å². The van der Waals surface area contributed by atoms with E-state index in [9.17, 15) is 0 Å². The highest BCUT2D eigenvalue weighted by atomic mass is 15.2. The van der Waals surface area contributed by atoms with E-state index in [4.69, 9.17) is 5.73 Å². The molecule has 1 heterocycles. The number of hydrogen-bond donors (Lipinski definition) is 1. The van der Waals surface area contributed by atoms with E-state index in [0.29, 0.717) is 6.54 Å². The van der Waals surface area contributed by atoms with Gasteiger partial charge in [0.1, 0.15) is 0 Å². The van der Waals surface area contributed by atoms with Crippen LogP contribution in [0.2, 0.25) is 0 Å².